The Hall–Kier alpha value is -2.08. The fourth-order valence-corrected chi connectivity index (χ4v) is 3.47. The van der Waals surface area contributed by atoms with E-state index < -0.39 is 24.4 Å². The Labute approximate surface area is 160 Å². The molecule has 0 aromatic heterocycles. The lowest BCUT2D eigenvalue weighted by atomic mass is 9.93. The van der Waals surface area contributed by atoms with Crippen LogP contribution >= 0.6 is 0 Å². The van der Waals surface area contributed by atoms with Crippen molar-refractivity contribution in [3.63, 3.8) is 0 Å². The molecular formula is C22H29NO4. The van der Waals surface area contributed by atoms with Crippen LogP contribution in [-0.2, 0) is 0 Å². The number of hydrogen-bond acceptors (Lipinski definition) is 5. The first kappa shape index (κ1) is 19.7. The van der Waals surface area contributed by atoms with Gasteiger partial charge < -0.3 is 25.4 Å². The van der Waals surface area contributed by atoms with Crippen LogP contribution in [-0.4, -0.2) is 34.1 Å². The van der Waals surface area contributed by atoms with Crippen molar-refractivity contribution in [2.24, 2.45) is 0 Å². The third-order valence-corrected chi connectivity index (χ3v) is 5.11. The second-order valence-corrected chi connectivity index (χ2v) is 7.17. The van der Waals surface area contributed by atoms with Gasteiger partial charge in [-0.25, -0.2) is 0 Å². The Balaban J connectivity index is 1.61. The molecule has 5 nitrogen and oxygen atoms in total. The quantitative estimate of drug-likeness (QED) is 0.534. The number of unbranched alkanes of at least 4 members (excludes halogenated alkanes) is 2. The van der Waals surface area contributed by atoms with Gasteiger partial charge in [0, 0.05) is 11.3 Å². The fourth-order valence-electron chi connectivity index (χ4n) is 3.47. The van der Waals surface area contributed by atoms with Crippen LogP contribution in [0.15, 0.2) is 48.5 Å². The highest BCUT2D eigenvalue weighted by atomic mass is 16.5. The van der Waals surface area contributed by atoms with Gasteiger partial charge in [-0.2, -0.15) is 0 Å². The lowest BCUT2D eigenvalue weighted by Gasteiger charge is -2.35. The normalized spacial score (nSPS) is 22.6. The van der Waals surface area contributed by atoms with Crippen molar-refractivity contribution < 1.29 is 20.1 Å². The predicted molar refractivity (Wildman–Crippen MR) is 106 cm³/mol. The second-order valence-electron chi connectivity index (χ2n) is 7.17. The first-order chi connectivity index (χ1) is 13.1. The van der Waals surface area contributed by atoms with Crippen LogP contribution in [0.4, 0.5) is 5.69 Å². The van der Waals surface area contributed by atoms with Crippen LogP contribution in [0.25, 0.3) is 0 Å². The van der Waals surface area contributed by atoms with Crippen LogP contribution in [0.2, 0.25) is 0 Å². The summed E-state index contributed by atoms with van der Waals surface area (Å²) in [5.41, 5.74) is 2.34. The molecule has 4 unspecified atom stereocenters. The summed E-state index contributed by atoms with van der Waals surface area (Å²) in [4.78, 5) is 0. The smallest absolute Gasteiger partial charge is 0.119 e. The van der Waals surface area contributed by atoms with Gasteiger partial charge in [0.15, 0.2) is 0 Å². The maximum Gasteiger partial charge on any atom is 0.119 e. The molecule has 1 heterocycles. The predicted octanol–water partition coefficient (Wildman–Crippen LogP) is 3.57. The Bertz CT molecular complexity index is 736. The molecule has 0 saturated carbocycles. The summed E-state index contributed by atoms with van der Waals surface area (Å²) >= 11 is 0. The summed E-state index contributed by atoms with van der Waals surface area (Å²) in [5, 5.41) is 34.3. The van der Waals surface area contributed by atoms with Gasteiger partial charge in [-0.3, -0.25) is 0 Å². The van der Waals surface area contributed by atoms with E-state index in [1.165, 1.54) is 0 Å². The number of fused-ring (bicyclic) bond motifs is 1. The topological polar surface area (TPSA) is 82.0 Å². The molecule has 0 fully saturated rings. The van der Waals surface area contributed by atoms with Gasteiger partial charge in [-0.15, -0.1) is 0 Å². The number of ether oxygens (including phenoxy) is 1. The summed E-state index contributed by atoms with van der Waals surface area (Å²) in [5.74, 6) is 0.643. The van der Waals surface area contributed by atoms with Gasteiger partial charge in [0.25, 0.3) is 0 Å². The molecule has 1 aliphatic rings. The molecule has 3 rings (SSSR count). The van der Waals surface area contributed by atoms with Crippen molar-refractivity contribution in [1.29, 1.82) is 0 Å². The van der Waals surface area contributed by atoms with Crippen molar-refractivity contribution in [1.82, 2.24) is 0 Å². The zero-order valence-electron chi connectivity index (χ0n) is 15.7. The van der Waals surface area contributed by atoms with E-state index in [1.807, 2.05) is 42.5 Å². The number of rotatable bonds is 8. The minimum absolute atomic E-state index is 0.210. The van der Waals surface area contributed by atoms with Crippen LogP contribution in [0, 0.1) is 0 Å². The van der Waals surface area contributed by atoms with E-state index >= 15 is 0 Å². The number of aliphatic hydroxyl groups excluding tert-OH is 3. The Morgan fingerprint density at radius 3 is 2.70 bits per heavy atom. The van der Waals surface area contributed by atoms with E-state index in [0.717, 1.165) is 36.9 Å². The maximum atomic E-state index is 10.4. The zero-order chi connectivity index (χ0) is 19.2. The number of aliphatic hydroxyl groups is 3. The number of nitrogens with one attached hydrogen (secondary N) is 1. The molecule has 2 aromatic carbocycles. The molecule has 2 aromatic rings. The van der Waals surface area contributed by atoms with Crippen LogP contribution in [0.3, 0.4) is 0 Å². The minimum atomic E-state index is -0.956. The first-order valence-corrected chi connectivity index (χ1v) is 9.72. The van der Waals surface area contributed by atoms with Gasteiger partial charge in [-0.05, 0) is 30.2 Å². The number of benzene rings is 2. The van der Waals surface area contributed by atoms with E-state index in [4.69, 9.17) is 4.74 Å². The summed E-state index contributed by atoms with van der Waals surface area (Å²) in [6.07, 6.45) is 1.59. The largest absolute Gasteiger partial charge is 0.491 e. The van der Waals surface area contributed by atoms with Gasteiger partial charge in [0.1, 0.15) is 24.6 Å². The molecule has 27 heavy (non-hydrogen) atoms. The van der Waals surface area contributed by atoms with Crippen LogP contribution in [0.1, 0.15) is 55.9 Å². The highest BCUT2D eigenvalue weighted by molar-refractivity contribution is 5.56. The number of hydrogen-bond donors (Lipinski definition) is 4. The van der Waals surface area contributed by atoms with Crippen molar-refractivity contribution >= 4 is 5.69 Å². The SMILES string of the molecule is CCCCCC(O)c1cccc(OCC2Nc3ccccc3C(O)C2O)c1. The highest BCUT2D eigenvalue weighted by Crippen LogP contribution is 2.33. The summed E-state index contributed by atoms with van der Waals surface area (Å²) in [6, 6.07) is 14.4. The van der Waals surface area contributed by atoms with Crippen molar-refractivity contribution in [3.8, 4) is 5.75 Å². The summed E-state index contributed by atoms with van der Waals surface area (Å²) < 4.78 is 5.85. The Morgan fingerprint density at radius 2 is 1.89 bits per heavy atom. The molecular weight excluding hydrogens is 342 g/mol. The van der Waals surface area contributed by atoms with E-state index in [2.05, 4.69) is 12.2 Å². The van der Waals surface area contributed by atoms with Gasteiger partial charge in [0.05, 0.1) is 12.1 Å². The third kappa shape index (κ3) is 4.80. The number of para-hydroxylation sites is 1. The molecule has 4 N–H and O–H groups in total. The summed E-state index contributed by atoms with van der Waals surface area (Å²) in [7, 11) is 0. The lowest BCUT2D eigenvalue weighted by molar-refractivity contribution is -0.00608. The van der Waals surface area contributed by atoms with E-state index in [9.17, 15) is 15.3 Å². The van der Waals surface area contributed by atoms with Crippen LogP contribution < -0.4 is 10.1 Å². The maximum absolute atomic E-state index is 10.4. The molecule has 0 saturated heterocycles. The van der Waals surface area contributed by atoms with E-state index in [1.54, 1.807) is 6.07 Å². The standard InChI is InChI=1S/C22H29NO4/c1-2-3-4-12-20(24)15-8-7-9-16(13-15)27-14-19-22(26)21(25)17-10-5-6-11-18(17)23-19/h5-11,13,19-26H,2-4,12,14H2,1H3. The highest BCUT2D eigenvalue weighted by Gasteiger charge is 2.34. The minimum Gasteiger partial charge on any atom is -0.491 e. The summed E-state index contributed by atoms with van der Waals surface area (Å²) in [6.45, 7) is 2.35. The molecule has 4 atom stereocenters. The van der Waals surface area contributed by atoms with Gasteiger partial charge in [-0.1, -0.05) is 56.5 Å². The molecule has 5 heteroatoms. The fraction of sp³-hybridized carbons (Fsp3) is 0.455. The molecule has 0 radical (unpaired) electrons. The van der Waals surface area contributed by atoms with Crippen LogP contribution in [0.5, 0.6) is 5.75 Å². The Kier molecular flexibility index (Phi) is 6.72. The third-order valence-electron chi connectivity index (χ3n) is 5.11. The number of anilines is 1. The monoisotopic (exact) mass is 371 g/mol. The molecule has 1 aliphatic heterocycles. The lowest BCUT2D eigenvalue weighted by Crippen LogP contribution is -2.45. The molecule has 146 valence electrons. The van der Waals surface area contributed by atoms with Gasteiger partial charge in [0.2, 0.25) is 0 Å². The molecule has 0 amide bonds. The second kappa shape index (κ2) is 9.22. The average molecular weight is 371 g/mol. The Morgan fingerprint density at radius 1 is 1.07 bits per heavy atom. The molecule has 0 spiro atoms. The average Bonchev–Trinajstić information content (AvgIpc) is 2.70. The van der Waals surface area contributed by atoms with Gasteiger partial charge >= 0.3 is 0 Å². The zero-order valence-corrected chi connectivity index (χ0v) is 15.7. The van der Waals surface area contributed by atoms with E-state index in [0.29, 0.717) is 11.3 Å². The molecule has 0 bridgehead atoms. The van der Waals surface area contributed by atoms with Crippen molar-refractivity contribution in [3.05, 3.63) is 59.7 Å². The molecule has 0 aliphatic carbocycles. The first-order valence-electron chi connectivity index (χ1n) is 9.72. The van der Waals surface area contributed by atoms with Crippen molar-refractivity contribution in [2.75, 3.05) is 11.9 Å². The van der Waals surface area contributed by atoms with Crippen molar-refractivity contribution in [2.45, 2.75) is 57.0 Å². The van der Waals surface area contributed by atoms with E-state index in [-0.39, 0.29) is 6.61 Å².